The van der Waals surface area contributed by atoms with Gasteiger partial charge in [0.2, 0.25) is 0 Å². The molecule has 2 N–H and O–H groups in total. The van der Waals surface area contributed by atoms with Crippen LogP contribution in [0.3, 0.4) is 0 Å². The summed E-state index contributed by atoms with van der Waals surface area (Å²) in [4.78, 5) is 9.16. The normalized spacial score (nSPS) is 24.3. The van der Waals surface area contributed by atoms with Crippen molar-refractivity contribution < 1.29 is 0 Å². The highest BCUT2D eigenvalue weighted by molar-refractivity contribution is 4.95. The second kappa shape index (κ2) is 5.82. The van der Waals surface area contributed by atoms with Gasteiger partial charge in [-0.3, -0.25) is 0 Å². The number of aryl methyl sites for hydroxylation is 1. The lowest BCUT2D eigenvalue weighted by atomic mass is 10.0. The molecular formula is C13H25N5. The first kappa shape index (κ1) is 13.5. The topological polar surface area (TPSA) is 50.3 Å². The van der Waals surface area contributed by atoms with Crippen LogP contribution in [0.15, 0.2) is 12.4 Å². The third kappa shape index (κ3) is 3.31. The molecule has 0 aliphatic carbocycles. The molecule has 5 heteroatoms. The van der Waals surface area contributed by atoms with Gasteiger partial charge in [0.1, 0.15) is 5.82 Å². The Kier molecular flexibility index (Phi) is 4.37. The predicted octanol–water partition coefficient (Wildman–Crippen LogP) is -0.0742. The van der Waals surface area contributed by atoms with Gasteiger partial charge in [-0.2, -0.15) is 0 Å². The van der Waals surface area contributed by atoms with Crippen LogP contribution in [0.25, 0.3) is 0 Å². The molecule has 0 aromatic carbocycles. The van der Waals surface area contributed by atoms with Gasteiger partial charge < -0.3 is 20.1 Å². The molecule has 1 aliphatic heterocycles. The van der Waals surface area contributed by atoms with Gasteiger partial charge in [-0.15, -0.1) is 0 Å². The Bertz CT molecular complexity index is 375. The van der Waals surface area contributed by atoms with Gasteiger partial charge in [0.05, 0.1) is 0 Å². The molecule has 0 spiro atoms. The van der Waals surface area contributed by atoms with Crippen molar-refractivity contribution >= 4 is 0 Å². The highest BCUT2D eigenvalue weighted by atomic mass is 15.3. The summed E-state index contributed by atoms with van der Waals surface area (Å²) >= 11 is 0. The molecule has 1 aromatic heterocycles. The smallest absolute Gasteiger partial charge is 0.109 e. The van der Waals surface area contributed by atoms with Crippen LogP contribution in [-0.2, 0) is 13.5 Å². The minimum Gasteiger partial charge on any atom is -0.338 e. The molecule has 1 fully saturated rings. The number of nitrogens with two attached hydrogens (primary N) is 1. The molecule has 0 amide bonds. The third-order valence-electron chi connectivity index (χ3n) is 3.92. The quantitative estimate of drug-likeness (QED) is 0.813. The third-order valence-corrected chi connectivity index (χ3v) is 3.92. The van der Waals surface area contributed by atoms with E-state index >= 15 is 0 Å². The van der Waals surface area contributed by atoms with Crippen LogP contribution in [0.2, 0.25) is 0 Å². The SMILES string of the molecule is CN1CCN(C)C(CC(N)Cc2nccn2C)C1. The molecule has 0 radical (unpaired) electrons. The number of likely N-dealkylation sites (N-methyl/N-ethyl adjacent to an activating group) is 2. The Morgan fingerprint density at radius 3 is 2.83 bits per heavy atom. The average molecular weight is 251 g/mol. The maximum atomic E-state index is 6.27. The van der Waals surface area contributed by atoms with Gasteiger partial charge in [0.15, 0.2) is 0 Å². The zero-order chi connectivity index (χ0) is 13.1. The van der Waals surface area contributed by atoms with Crippen molar-refractivity contribution in [3.63, 3.8) is 0 Å². The van der Waals surface area contributed by atoms with Gasteiger partial charge in [-0.05, 0) is 20.5 Å². The molecule has 2 rings (SSSR count). The van der Waals surface area contributed by atoms with Gasteiger partial charge in [-0.25, -0.2) is 4.98 Å². The Morgan fingerprint density at radius 2 is 2.17 bits per heavy atom. The minimum atomic E-state index is 0.185. The largest absolute Gasteiger partial charge is 0.338 e. The summed E-state index contributed by atoms with van der Waals surface area (Å²) in [5, 5.41) is 0. The van der Waals surface area contributed by atoms with Crippen LogP contribution in [0, 0.1) is 0 Å². The van der Waals surface area contributed by atoms with Crippen LogP contribution < -0.4 is 5.73 Å². The van der Waals surface area contributed by atoms with E-state index in [2.05, 4.69) is 33.4 Å². The van der Waals surface area contributed by atoms with Gasteiger partial charge in [0.25, 0.3) is 0 Å². The second-order valence-electron chi connectivity index (χ2n) is 5.55. The summed E-state index contributed by atoms with van der Waals surface area (Å²) in [6, 6.07) is 0.754. The number of imidazole rings is 1. The lowest BCUT2D eigenvalue weighted by Crippen LogP contribution is -2.52. The summed E-state index contributed by atoms with van der Waals surface area (Å²) in [6.07, 6.45) is 5.70. The van der Waals surface area contributed by atoms with Crippen LogP contribution in [0.4, 0.5) is 0 Å². The van der Waals surface area contributed by atoms with Crippen molar-refractivity contribution in [2.45, 2.75) is 24.9 Å². The second-order valence-corrected chi connectivity index (χ2v) is 5.55. The Labute approximate surface area is 110 Å². The van der Waals surface area contributed by atoms with Gasteiger partial charge in [0, 0.05) is 57.6 Å². The van der Waals surface area contributed by atoms with E-state index in [-0.39, 0.29) is 6.04 Å². The van der Waals surface area contributed by atoms with Crippen LogP contribution >= 0.6 is 0 Å². The predicted molar refractivity (Wildman–Crippen MR) is 73.4 cm³/mol. The highest BCUT2D eigenvalue weighted by Gasteiger charge is 2.24. The van der Waals surface area contributed by atoms with E-state index < -0.39 is 0 Å². The molecule has 1 aliphatic rings. The lowest BCUT2D eigenvalue weighted by Gasteiger charge is -2.38. The van der Waals surface area contributed by atoms with Gasteiger partial charge >= 0.3 is 0 Å². The number of hydrogen-bond acceptors (Lipinski definition) is 4. The number of piperazine rings is 1. The number of aromatic nitrogens is 2. The molecule has 2 heterocycles. The van der Waals surface area contributed by atoms with Crippen LogP contribution in [0.1, 0.15) is 12.2 Å². The maximum absolute atomic E-state index is 6.27. The van der Waals surface area contributed by atoms with E-state index in [4.69, 9.17) is 5.73 Å². The zero-order valence-electron chi connectivity index (χ0n) is 11.7. The van der Waals surface area contributed by atoms with Crippen molar-refractivity contribution in [2.24, 2.45) is 12.8 Å². The first-order chi connectivity index (χ1) is 8.56. The highest BCUT2D eigenvalue weighted by Crippen LogP contribution is 2.12. The van der Waals surface area contributed by atoms with Crippen molar-refractivity contribution in [3.8, 4) is 0 Å². The van der Waals surface area contributed by atoms with E-state index in [1.807, 2.05) is 19.4 Å². The van der Waals surface area contributed by atoms with E-state index in [1.54, 1.807) is 0 Å². The molecule has 0 bridgehead atoms. The molecule has 1 saturated heterocycles. The van der Waals surface area contributed by atoms with Crippen molar-refractivity contribution in [3.05, 3.63) is 18.2 Å². The van der Waals surface area contributed by atoms with Crippen LogP contribution in [0.5, 0.6) is 0 Å². The van der Waals surface area contributed by atoms with E-state index in [0.717, 1.165) is 38.3 Å². The van der Waals surface area contributed by atoms with Crippen molar-refractivity contribution in [1.82, 2.24) is 19.4 Å². The Hall–Kier alpha value is -0.910. The fourth-order valence-electron chi connectivity index (χ4n) is 2.62. The Balaban J connectivity index is 1.86. The summed E-state index contributed by atoms with van der Waals surface area (Å²) in [5.74, 6) is 1.08. The summed E-state index contributed by atoms with van der Waals surface area (Å²) in [6.45, 7) is 3.41. The number of rotatable bonds is 4. The summed E-state index contributed by atoms with van der Waals surface area (Å²) in [7, 11) is 6.41. The van der Waals surface area contributed by atoms with Crippen molar-refractivity contribution in [2.75, 3.05) is 33.7 Å². The summed E-state index contributed by atoms with van der Waals surface area (Å²) in [5.41, 5.74) is 6.27. The fraction of sp³-hybridized carbons (Fsp3) is 0.769. The molecule has 102 valence electrons. The molecular weight excluding hydrogens is 226 g/mol. The van der Waals surface area contributed by atoms with E-state index in [9.17, 15) is 0 Å². The standard InChI is InChI=1S/C13H25N5/c1-16-6-7-17(2)12(10-16)8-11(14)9-13-15-4-5-18(13)3/h4-5,11-12H,6-10,14H2,1-3H3. The van der Waals surface area contributed by atoms with Crippen molar-refractivity contribution in [1.29, 1.82) is 0 Å². The fourth-order valence-corrected chi connectivity index (χ4v) is 2.62. The van der Waals surface area contributed by atoms with E-state index in [0.29, 0.717) is 6.04 Å². The zero-order valence-corrected chi connectivity index (χ0v) is 11.7. The van der Waals surface area contributed by atoms with Gasteiger partial charge in [-0.1, -0.05) is 0 Å². The summed E-state index contributed by atoms with van der Waals surface area (Å²) < 4.78 is 2.05. The molecule has 2 unspecified atom stereocenters. The maximum Gasteiger partial charge on any atom is 0.109 e. The minimum absolute atomic E-state index is 0.185. The average Bonchev–Trinajstić information content (AvgIpc) is 2.70. The Morgan fingerprint density at radius 1 is 1.39 bits per heavy atom. The van der Waals surface area contributed by atoms with Crippen LogP contribution in [-0.4, -0.2) is 65.2 Å². The monoisotopic (exact) mass is 251 g/mol. The number of nitrogens with zero attached hydrogens (tertiary/aromatic N) is 4. The number of hydrogen-bond donors (Lipinski definition) is 1. The first-order valence-electron chi connectivity index (χ1n) is 6.67. The van der Waals surface area contributed by atoms with E-state index in [1.165, 1.54) is 0 Å². The molecule has 18 heavy (non-hydrogen) atoms. The molecule has 2 atom stereocenters. The molecule has 5 nitrogen and oxygen atoms in total. The first-order valence-corrected chi connectivity index (χ1v) is 6.67. The molecule has 1 aromatic rings. The lowest BCUT2D eigenvalue weighted by molar-refractivity contribution is 0.104. The molecule has 0 saturated carbocycles.